The minimum atomic E-state index is -2.09. The van der Waals surface area contributed by atoms with Gasteiger partial charge in [-0.05, 0) is 52.2 Å². The maximum atomic E-state index is 12.1. The number of unbranched alkanes of at least 4 members (excludes halogenated alkanes) is 1. The van der Waals surface area contributed by atoms with Crippen molar-refractivity contribution in [2.75, 3.05) is 6.54 Å². The number of carboxylic acids is 1. The summed E-state index contributed by atoms with van der Waals surface area (Å²) in [4.78, 5) is 35.4. The summed E-state index contributed by atoms with van der Waals surface area (Å²) in [5.41, 5.74) is 3.41. The Morgan fingerprint density at radius 3 is 2.24 bits per heavy atom. The Kier molecular flexibility index (Phi) is 7.11. The third kappa shape index (κ3) is 6.54. The van der Waals surface area contributed by atoms with Gasteiger partial charge in [-0.25, -0.2) is 9.59 Å². The van der Waals surface area contributed by atoms with Gasteiger partial charge >= 0.3 is 11.9 Å². The zero-order valence-corrected chi connectivity index (χ0v) is 14.9. The van der Waals surface area contributed by atoms with E-state index in [2.05, 4.69) is 5.32 Å². The molecule has 0 aliphatic rings. The number of carboxylic acid groups (broad SMARTS) is 1. The zero-order valence-electron chi connectivity index (χ0n) is 14.9. The molecular formula is C18H26N2O5. The predicted molar refractivity (Wildman–Crippen MR) is 93.0 cm³/mol. The standard InChI is InChI=1S/C18H26N2O5/c1-17(2,3)25-16(24)18(19,15(22)23)11-7-8-12-20-14(21)13-9-5-4-6-10-13/h4-6,9-10H,7-8,11-12,19H2,1-3H3,(H,20,21)(H,22,23). The lowest BCUT2D eigenvalue weighted by molar-refractivity contribution is -0.169. The van der Waals surface area contributed by atoms with E-state index in [1.54, 1.807) is 45.0 Å². The van der Waals surface area contributed by atoms with Crippen LogP contribution in [-0.2, 0) is 14.3 Å². The van der Waals surface area contributed by atoms with Crippen LogP contribution in [0.5, 0.6) is 0 Å². The number of amides is 1. The second-order valence-electron chi connectivity index (χ2n) is 6.86. The molecule has 7 heteroatoms. The smallest absolute Gasteiger partial charge is 0.338 e. The number of aliphatic carboxylic acids is 1. The van der Waals surface area contributed by atoms with E-state index in [9.17, 15) is 19.5 Å². The molecule has 0 aromatic heterocycles. The van der Waals surface area contributed by atoms with Crippen LogP contribution in [0.4, 0.5) is 0 Å². The summed E-state index contributed by atoms with van der Waals surface area (Å²) in [6.07, 6.45) is 0.781. The van der Waals surface area contributed by atoms with Crippen molar-refractivity contribution in [1.82, 2.24) is 5.32 Å². The highest BCUT2D eigenvalue weighted by Gasteiger charge is 2.44. The molecule has 0 aliphatic heterocycles. The topological polar surface area (TPSA) is 119 Å². The van der Waals surface area contributed by atoms with Gasteiger partial charge in [0, 0.05) is 12.1 Å². The number of carbonyl (C=O) groups excluding carboxylic acids is 2. The molecule has 0 fully saturated rings. The molecule has 4 N–H and O–H groups in total. The summed E-state index contributed by atoms with van der Waals surface area (Å²) >= 11 is 0. The minimum Gasteiger partial charge on any atom is -0.479 e. The Labute approximate surface area is 147 Å². The monoisotopic (exact) mass is 350 g/mol. The summed E-state index contributed by atoms with van der Waals surface area (Å²) < 4.78 is 5.10. The third-order valence-corrected chi connectivity index (χ3v) is 3.46. The molecule has 0 saturated heterocycles. The Bertz CT molecular complexity index is 610. The van der Waals surface area contributed by atoms with Gasteiger partial charge in [-0.15, -0.1) is 0 Å². The first-order valence-corrected chi connectivity index (χ1v) is 8.15. The zero-order chi connectivity index (χ0) is 19.1. The lowest BCUT2D eigenvalue weighted by Gasteiger charge is -2.28. The molecule has 1 amide bonds. The van der Waals surface area contributed by atoms with Crippen LogP contribution >= 0.6 is 0 Å². The van der Waals surface area contributed by atoms with Gasteiger partial charge in [-0.1, -0.05) is 18.2 Å². The minimum absolute atomic E-state index is 0.0710. The molecule has 0 spiro atoms. The number of esters is 1. The lowest BCUT2D eigenvalue weighted by atomic mass is 9.93. The van der Waals surface area contributed by atoms with Crippen molar-refractivity contribution in [2.45, 2.75) is 51.2 Å². The van der Waals surface area contributed by atoms with Crippen LogP contribution in [0, 0.1) is 0 Å². The molecule has 25 heavy (non-hydrogen) atoms. The van der Waals surface area contributed by atoms with Gasteiger partial charge in [0.15, 0.2) is 0 Å². The fourth-order valence-electron chi connectivity index (χ4n) is 2.09. The molecule has 1 rings (SSSR count). The molecule has 0 aliphatic carbocycles. The van der Waals surface area contributed by atoms with E-state index < -0.39 is 23.1 Å². The van der Waals surface area contributed by atoms with E-state index >= 15 is 0 Å². The van der Waals surface area contributed by atoms with Gasteiger partial charge in [0.05, 0.1) is 0 Å². The van der Waals surface area contributed by atoms with E-state index in [4.69, 9.17) is 10.5 Å². The van der Waals surface area contributed by atoms with E-state index in [1.165, 1.54) is 0 Å². The van der Waals surface area contributed by atoms with E-state index in [0.717, 1.165) is 0 Å². The number of carbonyl (C=O) groups is 3. The van der Waals surface area contributed by atoms with Crippen molar-refractivity contribution in [1.29, 1.82) is 0 Å². The first-order chi connectivity index (χ1) is 11.6. The average Bonchev–Trinajstić information content (AvgIpc) is 2.53. The van der Waals surface area contributed by atoms with Gasteiger partial charge in [-0.3, -0.25) is 4.79 Å². The Hall–Kier alpha value is -2.41. The largest absolute Gasteiger partial charge is 0.479 e. The maximum absolute atomic E-state index is 12.1. The Balaban J connectivity index is 2.47. The van der Waals surface area contributed by atoms with Crippen LogP contribution in [0.3, 0.4) is 0 Å². The van der Waals surface area contributed by atoms with E-state index in [0.29, 0.717) is 24.9 Å². The number of rotatable bonds is 8. The first-order valence-electron chi connectivity index (χ1n) is 8.15. The summed E-state index contributed by atoms with van der Waals surface area (Å²) in [7, 11) is 0. The van der Waals surface area contributed by atoms with Gasteiger partial charge in [-0.2, -0.15) is 0 Å². The number of hydrogen-bond donors (Lipinski definition) is 3. The number of nitrogens with one attached hydrogen (secondary N) is 1. The molecule has 1 aromatic rings. The van der Waals surface area contributed by atoms with Gasteiger partial charge in [0.25, 0.3) is 5.91 Å². The number of ether oxygens (including phenoxy) is 1. The van der Waals surface area contributed by atoms with Crippen molar-refractivity contribution in [3.8, 4) is 0 Å². The van der Waals surface area contributed by atoms with E-state index in [-0.39, 0.29) is 12.3 Å². The van der Waals surface area contributed by atoms with Crippen molar-refractivity contribution < 1.29 is 24.2 Å². The van der Waals surface area contributed by atoms with Gasteiger partial charge in [0.2, 0.25) is 5.54 Å². The highest BCUT2D eigenvalue weighted by molar-refractivity contribution is 6.03. The molecule has 0 radical (unpaired) electrons. The summed E-state index contributed by atoms with van der Waals surface area (Å²) in [5, 5.41) is 12.0. The Morgan fingerprint density at radius 1 is 1.12 bits per heavy atom. The normalized spacial score (nSPS) is 13.6. The fraction of sp³-hybridized carbons (Fsp3) is 0.500. The fourth-order valence-corrected chi connectivity index (χ4v) is 2.09. The maximum Gasteiger partial charge on any atom is 0.338 e. The molecule has 0 bridgehead atoms. The third-order valence-electron chi connectivity index (χ3n) is 3.46. The highest BCUT2D eigenvalue weighted by atomic mass is 16.6. The molecule has 1 atom stereocenters. The molecule has 1 aromatic carbocycles. The van der Waals surface area contributed by atoms with Crippen LogP contribution in [0.25, 0.3) is 0 Å². The molecule has 138 valence electrons. The van der Waals surface area contributed by atoms with Crippen molar-refractivity contribution in [3.63, 3.8) is 0 Å². The molecule has 0 heterocycles. The van der Waals surface area contributed by atoms with Crippen LogP contribution in [-0.4, -0.2) is 40.6 Å². The van der Waals surface area contributed by atoms with Crippen LogP contribution in [0.15, 0.2) is 30.3 Å². The molecule has 0 saturated carbocycles. The molecule has 1 unspecified atom stereocenters. The predicted octanol–water partition coefficient (Wildman–Crippen LogP) is 1.71. The number of hydrogen-bond acceptors (Lipinski definition) is 5. The quantitative estimate of drug-likeness (QED) is 0.373. The summed E-state index contributed by atoms with van der Waals surface area (Å²) in [6, 6.07) is 8.76. The van der Waals surface area contributed by atoms with Gasteiger partial charge < -0.3 is 20.9 Å². The first kappa shape index (κ1) is 20.6. The van der Waals surface area contributed by atoms with Crippen molar-refractivity contribution in [2.24, 2.45) is 5.73 Å². The van der Waals surface area contributed by atoms with Crippen molar-refractivity contribution >= 4 is 17.8 Å². The average molecular weight is 350 g/mol. The molecule has 7 nitrogen and oxygen atoms in total. The van der Waals surface area contributed by atoms with Crippen LogP contribution in [0.2, 0.25) is 0 Å². The summed E-state index contributed by atoms with van der Waals surface area (Å²) in [5.74, 6) is -2.58. The second-order valence-corrected chi connectivity index (χ2v) is 6.86. The highest BCUT2D eigenvalue weighted by Crippen LogP contribution is 2.18. The lowest BCUT2D eigenvalue weighted by Crippen LogP contribution is -2.57. The second kappa shape index (κ2) is 8.62. The number of benzene rings is 1. The van der Waals surface area contributed by atoms with E-state index in [1.807, 2.05) is 6.07 Å². The SMILES string of the molecule is CC(C)(C)OC(=O)C(N)(CCCCNC(=O)c1ccccc1)C(=O)O. The van der Waals surface area contributed by atoms with Gasteiger partial charge in [0.1, 0.15) is 5.60 Å². The number of nitrogens with two attached hydrogens (primary N) is 1. The van der Waals surface area contributed by atoms with Crippen molar-refractivity contribution in [3.05, 3.63) is 35.9 Å². The van der Waals surface area contributed by atoms with Crippen LogP contribution < -0.4 is 11.1 Å². The summed E-state index contributed by atoms with van der Waals surface area (Å²) in [6.45, 7) is 5.29. The van der Waals surface area contributed by atoms with Crippen LogP contribution in [0.1, 0.15) is 50.4 Å². The molecular weight excluding hydrogens is 324 g/mol. The Morgan fingerprint density at radius 2 is 1.72 bits per heavy atom.